The number of pyridine rings is 1. The van der Waals surface area contributed by atoms with E-state index in [1.54, 1.807) is 0 Å². The standard InChI is InChI=1S/C22H19F6N7O3/c1-20(37,22(26,27)28)3-4-34-10-13(8-31-34)33-18(36)14-5-12(7-30-19(14)38-2)16-6-15(21(23,24)25)17-9-29-11-32-35(16)17/h5-11,37H,3-4H2,1-2H3,(H,33,36). The molecule has 0 aliphatic heterocycles. The van der Waals surface area contributed by atoms with Gasteiger partial charge in [-0.3, -0.25) is 9.48 Å². The van der Waals surface area contributed by atoms with Crippen molar-refractivity contribution >= 4 is 17.1 Å². The van der Waals surface area contributed by atoms with E-state index in [9.17, 15) is 36.2 Å². The van der Waals surface area contributed by atoms with Crippen LogP contribution in [0.4, 0.5) is 32.0 Å². The van der Waals surface area contributed by atoms with Crippen molar-refractivity contribution in [2.75, 3.05) is 12.4 Å². The van der Waals surface area contributed by atoms with Gasteiger partial charge in [-0.1, -0.05) is 0 Å². The Balaban J connectivity index is 1.60. The van der Waals surface area contributed by atoms with Gasteiger partial charge in [0.2, 0.25) is 5.88 Å². The fourth-order valence-corrected chi connectivity index (χ4v) is 3.52. The Kier molecular flexibility index (Phi) is 6.77. The molecule has 0 fully saturated rings. The van der Waals surface area contributed by atoms with Gasteiger partial charge in [0, 0.05) is 30.9 Å². The second-order valence-electron chi connectivity index (χ2n) is 8.40. The summed E-state index contributed by atoms with van der Waals surface area (Å²) in [6.07, 6.45) is -4.49. The molecule has 2 N–H and O–H groups in total. The number of hydrogen-bond acceptors (Lipinski definition) is 7. The smallest absolute Gasteiger partial charge is 0.418 e. The molecule has 4 aromatic heterocycles. The Hall–Kier alpha value is -4.21. The molecule has 0 aliphatic rings. The summed E-state index contributed by atoms with van der Waals surface area (Å²) in [4.78, 5) is 20.7. The predicted molar refractivity (Wildman–Crippen MR) is 119 cm³/mol. The molecule has 0 radical (unpaired) electrons. The summed E-state index contributed by atoms with van der Waals surface area (Å²) in [6.45, 7) is 0.344. The van der Waals surface area contributed by atoms with Crippen LogP contribution in [0.15, 0.2) is 43.2 Å². The number of aliphatic hydroxyl groups is 1. The first-order valence-corrected chi connectivity index (χ1v) is 10.8. The maximum atomic E-state index is 13.5. The fraction of sp³-hybridized carbons (Fsp3) is 0.318. The number of amides is 1. The van der Waals surface area contributed by atoms with Gasteiger partial charge in [-0.2, -0.15) is 36.5 Å². The van der Waals surface area contributed by atoms with Gasteiger partial charge >= 0.3 is 12.4 Å². The van der Waals surface area contributed by atoms with Crippen LogP contribution in [0.5, 0.6) is 5.88 Å². The van der Waals surface area contributed by atoms with E-state index in [4.69, 9.17) is 4.74 Å². The Morgan fingerprint density at radius 3 is 2.50 bits per heavy atom. The summed E-state index contributed by atoms with van der Waals surface area (Å²) >= 11 is 0. The van der Waals surface area contributed by atoms with Crippen LogP contribution in [0.25, 0.3) is 16.8 Å². The molecule has 16 heteroatoms. The summed E-state index contributed by atoms with van der Waals surface area (Å²) in [6, 6.07) is 2.12. The van der Waals surface area contributed by atoms with Gasteiger partial charge in [0.15, 0.2) is 5.60 Å². The van der Waals surface area contributed by atoms with Crippen LogP contribution in [-0.4, -0.2) is 59.3 Å². The highest BCUT2D eigenvalue weighted by Crippen LogP contribution is 2.37. The number of aryl methyl sites for hydroxylation is 1. The van der Waals surface area contributed by atoms with Crippen LogP contribution in [0.2, 0.25) is 0 Å². The zero-order valence-corrected chi connectivity index (χ0v) is 19.7. The van der Waals surface area contributed by atoms with E-state index in [1.807, 2.05) is 0 Å². The van der Waals surface area contributed by atoms with Gasteiger partial charge in [0.25, 0.3) is 5.91 Å². The minimum absolute atomic E-state index is 0.0107. The van der Waals surface area contributed by atoms with Crippen molar-refractivity contribution in [2.24, 2.45) is 0 Å². The first-order valence-electron chi connectivity index (χ1n) is 10.8. The Labute approximate surface area is 209 Å². The lowest BCUT2D eigenvalue weighted by atomic mass is 10.0. The number of fused-ring (bicyclic) bond motifs is 1. The summed E-state index contributed by atoms with van der Waals surface area (Å²) in [5.74, 6) is -0.907. The molecule has 0 saturated heterocycles. The molecule has 1 unspecified atom stereocenters. The van der Waals surface area contributed by atoms with Crippen LogP contribution in [0.1, 0.15) is 29.3 Å². The Bertz CT molecular complexity index is 1480. The number of rotatable bonds is 7. The zero-order chi connectivity index (χ0) is 27.9. The van der Waals surface area contributed by atoms with Gasteiger partial charge in [-0.05, 0) is 19.1 Å². The topological polar surface area (TPSA) is 119 Å². The molecule has 4 rings (SSSR count). The number of anilines is 1. The van der Waals surface area contributed by atoms with Gasteiger partial charge in [0.1, 0.15) is 11.9 Å². The SMILES string of the molecule is COc1ncc(-c2cc(C(F)(F)F)c3cncnn23)cc1C(=O)Nc1cnn(CCC(C)(O)C(F)(F)F)c1. The lowest BCUT2D eigenvalue weighted by molar-refractivity contribution is -0.255. The van der Waals surface area contributed by atoms with E-state index >= 15 is 0 Å². The first-order chi connectivity index (χ1) is 17.7. The van der Waals surface area contributed by atoms with Crippen molar-refractivity contribution in [1.82, 2.24) is 29.4 Å². The molecular weight excluding hydrogens is 524 g/mol. The van der Waals surface area contributed by atoms with Gasteiger partial charge in [0.05, 0.1) is 42.0 Å². The highest BCUT2D eigenvalue weighted by atomic mass is 19.4. The van der Waals surface area contributed by atoms with Gasteiger partial charge in [-0.15, -0.1) is 0 Å². The average molecular weight is 543 g/mol. The Morgan fingerprint density at radius 1 is 1.11 bits per heavy atom. The molecule has 0 bridgehead atoms. The van der Waals surface area contributed by atoms with Crippen LogP contribution < -0.4 is 10.1 Å². The number of halogens is 6. The monoisotopic (exact) mass is 543 g/mol. The van der Waals surface area contributed by atoms with E-state index in [1.165, 1.54) is 31.8 Å². The molecule has 0 aromatic carbocycles. The van der Waals surface area contributed by atoms with Crippen molar-refractivity contribution in [3.63, 3.8) is 0 Å². The highest BCUT2D eigenvalue weighted by Gasteiger charge is 2.49. The van der Waals surface area contributed by atoms with Crippen molar-refractivity contribution in [3.05, 3.63) is 54.4 Å². The zero-order valence-electron chi connectivity index (χ0n) is 19.7. The highest BCUT2D eigenvalue weighted by molar-refractivity contribution is 6.06. The van der Waals surface area contributed by atoms with Crippen molar-refractivity contribution < 1.29 is 41.0 Å². The molecule has 202 valence electrons. The summed E-state index contributed by atoms with van der Waals surface area (Å²) in [5, 5.41) is 19.8. The minimum atomic E-state index is -4.83. The van der Waals surface area contributed by atoms with Crippen molar-refractivity contribution in [2.45, 2.75) is 37.8 Å². The normalized spacial score (nSPS) is 13.9. The third-order valence-electron chi connectivity index (χ3n) is 5.66. The molecule has 38 heavy (non-hydrogen) atoms. The van der Waals surface area contributed by atoms with E-state index in [0.29, 0.717) is 6.92 Å². The number of aromatic nitrogens is 6. The number of alkyl halides is 6. The third-order valence-corrected chi connectivity index (χ3v) is 5.66. The van der Waals surface area contributed by atoms with E-state index in [2.05, 4.69) is 25.5 Å². The lowest BCUT2D eigenvalue weighted by Crippen LogP contribution is -2.42. The van der Waals surface area contributed by atoms with Crippen molar-refractivity contribution in [3.8, 4) is 17.1 Å². The largest absolute Gasteiger partial charge is 0.480 e. The van der Waals surface area contributed by atoms with Crippen LogP contribution in [-0.2, 0) is 12.7 Å². The van der Waals surface area contributed by atoms with E-state index in [0.717, 1.165) is 27.8 Å². The second-order valence-corrected chi connectivity index (χ2v) is 8.40. The molecule has 0 saturated carbocycles. The number of carbonyl (C=O) groups is 1. The lowest BCUT2D eigenvalue weighted by Gasteiger charge is -2.25. The predicted octanol–water partition coefficient (Wildman–Crippen LogP) is 3.97. The van der Waals surface area contributed by atoms with Crippen molar-refractivity contribution in [1.29, 1.82) is 0 Å². The average Bonchev–Trinajstić information content (AvgIpc) is 3.46. The number of hydrogen-bond donors (Lipinski definition) is 2. The molecule has 0 aliphatic carbocycles. The summed E-state index contributed by atoms with van der Waals surface area (Å²) < 4.78 is 86.4. The quantitative estimate of drug-likeness (QED) is 0.339. The first kappa shape index (κ1) is 26.8. The molecule has 4 aromatic rings. The number of methoxy groups -OCH3 is 1. The maximum Gasteiger partial charge on any atom is 0.418 e. The van der Waals surface area contributed by atoms with Crippen LogP contribution in [0.3, 0.4) is 0 Å². The molecule has 0 spiro atoms. The second kappa shape index (κ2) is 9.59. The fourth-order valence-electron chi connectivity index (χ4n) is 3.52. The maximum absolute atomic E-state index is 13.5. The third kappa shape index (κ3) is 5.25. The van der Waals surface area contributed by atoms with Gasteiger partial charge in [-0.25, -0.2) is 14.5 Å². The van der Waals surface area contributed by atoms with E-state index in [-0.39, 0.29) is 40.4 Å². The van der Waals surface area contributed by atoms with E-state index < -0.39 is 35.8 Å². The van der Waals surface area contributed by atoms with Crippen LogP contribution in [0, 0.1) is 0 Å². The number of nitrogens with one attached hydrogen (secondary N) is 1. The molecular formula is C22H19F6N7O3. The number of carbonyl (C=O) groups excluding carboxylic acids is 1. The molecule has 1 atom stereocenters. The minimum Gasteiger partial charge on any atom is -0.480 e. The molecule has 4 heterocycles. The molecule has 10 nitrogen and oxygen atoms in total. The summed E-state index contributed by atoms with van der Waals surface area (Å²) in [5.41, 5.74) is -4.14. The van der Waals surface area contributed by atoms with Gasteiger partial charge < -0.3 is 15.2 Å². The molecule has 1 amide bonds. The van der Waals surface area contributed by atoms with Crippen LogP contribution >= 0.6 is 0 Å². The number of nitrogens with zero attached hydrogens (tertiary/aromatic N) is 6. The summed E-state index contributed by atoms with van der Waals surface area (Å²) in [7, 11) is 1.24. The number of ether oxygens (including phenoxy) is 1. The Morgan fingerprint density at radius 2 is 1.84 bits per heavy atom.